The Hall–Kier alpha value is -2.86. The van der Waals surface area contributed by atoms with Gasteiger partial charge in [-0.15, -0.1) is 0 Å². The number of amides is 1. The van der Waals surface area contributed by atoms with Crippen molar-refractivity contribution in [2.24, 2.45) is 5.10 Å². The molecule has 1 aromatic heterocycles. The molecule has 0 spiro atoms. The molecule has 0 aliphatic heterocycles. The average molecular weight is 455 g/mol. The third-order valence-corrected chi connectivity index (χ3v) is 5.04. The lowest BCUT2D eigenvalue weighted by Crippen LogP contribution is -2.24. The average Bonchev–Trinajstić information content (AvgIpc) is 3.21. The van der Waals surface area contributed by atoms with E-state index >= 15 is 0 Å². The summed E-state index contributed by atoms with van der Waals surface area (Å²) in [6, 6.07) is 19.3. The minimum Gasteiger partial charge on any atom is -0.484 e. The summed E-state index contributed by atoms with van der Waals surface area (Å²) in [4.78, 5) is 11.9. The van der Waals surface area contributed by atoms with Gasteiger partial charge in [0, 0.05) is 10.0 Å². The molecule has 0 saturated carbocycles. The lowest BCUT2D eigenvalue weighted by Gasteiger charge is -2.10. The van der Waals surface area contributed by atoms with Gasteiger partial charge in [0.15, 0.2) is 6.61 Å². The van der Waals surface area contributed by atoms with Crippen LogP contribution in [0.2, 0.25) is 0 Å². The number of hydrogen-bond acceptors (Lipinski definition) is 4. The number of furan rings is 1. The van der Waals surface area contributed by atoms with Crippen LogP contribution in [0.4, 0.5) is 0 Å². The fraction of sp³-hybridized carbons (Fsp3) is 0.217. The summed E-state index contributed by atoms with van der Waals surface area (Å²) >= 11 is 3.44. The molecular formula is C23H23BrN2O3. The smallest absolute Gasteiger partial charge is 0.277 e. The van der Waals surface area contributed by atoms with Gasteiger partial charge in [0.1, 0.15) is 17.3 Å². The molecule has 6 heteroatoms. The molecule has 29 heavy (non-hydrogen) atoms. The first-order valence-corrected chi connectivity index (χ1v) is 10.2. The second kappa shape index (κ2) is 10.1. The Morgan fingerprint density at radius 3 is 2.72 bits per heavy atom. The van der Waals surface area contributed by atoms with Gasteiger partial charge in [0.2, 0.25) is 0 Å². The van der Waals surface area contributed by atoms with Crippen LogP contribution < -0.4 is 10.2 Å². The van der Waals surface area contributed by atoms with Crippen LogP contribution in [-0.4, -0.2) is 18.7 Å². The van der Waals surface area contributed by atoms with Crippen molar-refractivity contribution in [3.63, 3.8) is 0 Å². The zero-order valence-corrected chi connectivity index (χ0v) is 18.0. The molecule has 0 radical (unpaired) electrons. The maximum absolute atomic E-state index is 11.9. The molecule has 3 aromatic rings. The number of carbonyl (C=O) groups excluding carboxylic acids is 1. The molecule has 0 fully saturated rings. The number of halogens is 1. The van der Waals surface area contributed by atoms with Crippen LogP contribution in [0.3, 0.4) is 0 Å². The maximum atomic E-state index is 11.9. The van der Waals surface area contributed by atoms with Crippen molar-refractivity contribution in [3.8, 4) is 17.1 Å². The summed E-state index contributed by atoms with van der Waals surface area (Å²) < 4.78 is 12.2. The Bertz CT molecular complexity index is 980. The lowest BCUT2D eigenvalue weighted by molar-refractivity contribution is -0.123. The van der Waals surface area contributed by atoms with E-state index in [-0.39, 0.29) is 12.5 Å². The summed E-state index contributed by atoms with van der Waals surface area (Å²) in [6.45, 7) is 4.23. The van der Waals surface area contributed by atoms with E-state index in [1.165, 1.54) is 11.8 Å². The van der Waals surface area contributed by atoms with E-state index in [1.54, 1.807) is 6.07 Å². The van der Waals surface area contributed by atoms with E-state index in [2.05, 4.69) is 40.3 Å². The minimum atomic E-state index is -0.342. The van der Waals surface area contributed by atoms with Crippen LogP contribution in [0.1, 0.15) is 37.5 Å². The third kappa shape index (κ3) is 6.06. The van der Waals surface area contributed by atoms with E-state index in [0.717, 1.165) is 22.2 Å². The standard InChI is InChI=1S/C23H23BrN2O3/c1-3-16(2)17-7-9-20(10-8-17)28-15-23(27)26-25-14-21-11-12-22(29-21)18-5-4-6-19(24)13-18/h4-14,16H,3,15H2,1-2H3,(H,26,27)/b25-14+. The molecule has 0 bridgehead atoms. The summed E-state index contributed by atoms with van der Waals surface area (Å²) in [6.07, 6.45) is 2.54. The molecule has 1 heterocycles. The Morgan fingerprint density at radius 2 is 2.00 bits per heavy atom. The number of carbonyl (C=O) groups is 1. The molecule has 1 amide bonds. The highest BCUT2D eigenvalue weighted by Crippen LogP contribution is 2.24. The van der Waals surface area contributed by atoms with Gasteiger partial charge in [0.25, 0.3) is 5.91 Å². The SMILES string of the molecule is CCC(C)c1ccc(OCC(=O)N/N=C/c2ccc(-c3cccc(Br)c3)o2)cc1. The van der Waals surface area contributed by atoms with Crippen molar-refractivity contribution >= 4 is 28.1 Å². The van der Waals surface area contributed by atoms with Crippen molar-refractivity contribution in [2.75, 3.05) is 6.61 Å². The van der Waals surface area contributed by atoms with E-state index in [9.17, 15) is 4.79 Å². The molecular weight excluding hydrogens is 432 g/mol. The summed E-state index contributed by atoms with van der Waals surface area (Å²) in [7, 11) is 0. The molecule has 0 aliphatic rings. The van der Waals surface area contributed by atoms with Gasteiger partial charge in [-0.25, -0.2) is 5.43 Å². The van der Waals surface area contributed by atoms with Crippen LogP contribution in [0.5, 0.6) is 5.75 Å². The summed E-state index contributed by atoms with van der Waals surface area (Å²) in [5.74, 6) is 2.09. The first-order chi connectivity index (χ1) is 14.0. The second-order valence-corrected chi connectivity index (χ2v) is 7.59. The molecule has 0 aliphatic carbocycles. The maximum Gasteiger partial charge on any atom is 0.277 e. The van der Waals surface area contributed by atoms with E-state index in [1.807, 2.05) is 54.6 Å². The number of nitrogens with one attached hydrogen (secondary N) is 1. The minimum absolute atomic E-state index is 0.110. The normalized spacial score (nSPS) is 12.1. The Balaban J connectivity index is 1.47. The van der Waals surface area contributed by atoms with E-state index in [0.29, 0.717) is 17.4 Å². The van der Waals surface area contributed by atoms with Crippen LogP contribution >= 0.6 is 15.9 Å². The molecule has 2 aromatic carbocycles. The van der Waals surface area contributed by atoms with Crippen molar-refractivity contribution in [3.05, 3.63) is 76.5 Å². The first-order valence-electron chi connectivity index (χ1n) is 9.45. The fourth-order valence-electron chi connectivity index (χ4n) is 2.70. The van der Waals surface area contributed by atoms with Gasteiger partial charge in [-0.1, -0.05) is 54.0 Å². The van der Waals surface area contributed by atoms with Gasteiger partial charge >= 0.3 is 0 Å². The fourth-order valence-corrected chi connectivity index (χ4v) is 3.10. The van der Waals surface area contributed by atoms with Crippen molar-refractivity contribution in [1.29, 1.82) is 0 Å². The van der Waals surface area contributed by atoms with E-state index < -0.39 is 0 Å². The molecule has 0 saturated heterocycles. The zero-order chi connectivity index (χ0) is 20.6. The Labute approximate surface area is 178 Å². The Kier molecular flexibility index (Phi) is 7.25. The van der Waals surface area contributed by atoms with Crippen molar-refractivity contribution in [2.45, 2.75) is 26.2 Å². The van der Waals surface area contributed by atoms with Gasteiger partial charge in [0.05, 0.1) is 6.21 Å². The van der Waals surface area contributed by atoms with Crippen LogP contribution in [0, 0.1) is 0 Å². The highest BCUT2D eigenvalue weighted by atomic mass is 79.9. The molecule has 1 N–H and O–H groups in total. The topological polar surface area (TPSA) is 63.8 Å². The highest BCUT2D eigenvalue weighted by molar-refractivity contribution is 9.10. The number of hydrazone groups is 1. The number of rotatable bonds is 8. The quantitative estimate of drug-likeness (QED) is 0.348. The second-order valence-electron chi connectivity index (χ2n) is 6.67. The molecule has 5 nitrogen and oxygen atoms in total. The zero-order valence-electron chi connectivity index (χ0n) is 16.4. The highest BCUT2D eigenvalue weighted by Gasteiger charge is 2.06. The van der Waals surface area contributed by atoms with Gasteiger partial charge in [-0.05, 0) is 54.3 Å². The summed E-state index contributed by atoms with van der Waals surface area (Å²) in [5.41, 5.74) is 4.65. The largest absolute Gasteiger partial charge is 0.484 e. The molecule has 3 rings (SSSR count). The predicted molar refractivity (Wildman–Crippen MR) is 118 cm³/mol. The van der Waals surface area contributed by atoms with Crippen molar-refractivity contribution < 1.29 is 13.9 Å². The summed E-state index contributed by atoms with van der Waals surface area (Å²) in [5, 5.41) is 3.92. The van der Waals surface area contributed by atoms with Crippen LogP contribution in [0.25, 0.3) is 11.3 Å². The number of ether oxygens (including phenoxy) is 1. The predicted octanol–water partition coefficient (Wildman–Crippen LogP) is 5.75. The van der Waals surface area contributed by atoms with Crippen molar-refractivity contribution in [1.82, 2.24) is 5.43 Å². The van der Waals surface area contributed by atoms with Crippen LogP contribution in [-0.2, 0) is 4.79 Å². The monoisotopic (exact) mass is 454 g/mol. The van der Waals surface area contributed by atoms with Gasteiger partial charge in [-0.3, -0.25) is 4.79 Å². The number of hydrogen-bond donors (Lipinski definition) is 1. The van der Waals surface area contributed by atoms with E-state index in [4.69, 9.17) is 9.15 Å². The Morgan fingerprint density at radius 1 is 1.21 bits per heavy atom. The molecule has 1 unspecified atom stereocenters. The van der Waals surface area contributed by atoms with Crippen LogP contribution in [0.15, 0.2) is 74.7 Å². The number of benzene rings is 2. The lowest BCUT2D eigenvalue weighted by atomic mass is 9.99. The van der Waals surface area contributed by atoms with Gasteiger partial charge in [-0.2, -0.15) is 5.10 Å². The number of nitrogens with zero attached hydrogens (tertiary/aromatic N) is 1. The third-order valence-electron chi connectivity index (χ3n) is 4.55. The molecule has 1 atom stereocenters. The molecule has 150 valence electrons. The first kappa shape index (κ1) is 20.9. The van der Waals surface area contributed by atoms with Gasteiger partial charge < -0.3 is 9.15 Å².